The number of ether oxygens (including phenoxy) is 2. The van der Waals surface area contributed by atoms with Gasteiger partial charge in [0.15, 0.2) is 0 Å². The fraction of sp³-hybridized carbons (Fsp3) is 0.348. The van der Waals surface area contributed by atoms with Crippen molar-refractivity contribution in [1.29, 1.82) is 0 Å². The maximum absolute atomic E-state index is 14.7. The molecule has 176 valence electrons. The van der Waals surface area contributed by atoms with Gasteiger partial charge in [0.2, 0.25) is 0 Å². The van der Waals surface area contributed by atoms with Gasteiger partial charge in [0.05, 0.1) is 26.8 Å². The number of aliphatic hydroxyl groups is 1. The van der Waals surface area contributed by atoms with Crippen molar-refractivity contribution in [2.45, 2.75) is 18.6 Å². The zero-order chi connectivity index (χ0) is 23.7. The lowest BCUT2D eigenvalue weighted by atomic mass is 9.92. The van der Waals surface area contributed by atoms with Gasteiger partial charge in [0, 0.05) is 24.7 Å². The zero-order valence-corrected chi connectivity index (χ0v) is 18.2. The van der Waals surface area contributed by atoms with E-state index in [0.717, 1.165) is 6.07 Å². The van der Waals surface area contributed by atoms with Crippen LogP contribution in [0.3, 0.4) is 0 Å². The Morgan fingerprint density at radius 3 is 2.67 bits per heavy atom. The van der Waals surface area contributed by atoms with Gasteiger partial charge in [-0.25, -0.2) is 18.4 Å². The van der Waals surface area contributed by atoms with Gasteiger partial charge in [-0.15, -0.1) is 0 Å². The standard InChI is InChI=1S/C23H26F2N4O4/c1-32-22(30)13-28(10-5-11-33-19-6-3-2-4-7-19)14-23(31,15-29-17-26-16-27-29)20-9-8-18(24)12-21(20)25/h2-4,6-9,12,16-17,31H,5,10-11,13-15H2,1H3. The van der Waals surface area contributed by atoms with Crippen LogP contribution in [0.25, 0.3) is 0 Å². The summed E-state index contributed by atoms with van der Waals surface area (Å²) in [6.07, 6.45) is 3.19. The minimum absolute atomic E-state index is 0.116. The number of esters is 1. The molecule has 1 N–H and O–H groups in total. The molecule has 8 nitrogen and oxygen atoms in total. The number of hydrogen-bond donors (Lipinski definition) is 1. The lowest BCUT2D eigenvalue weighted by molar-refractivity contribution is -0.143. The van der Waals surface area contributed by atoms with Crippen LogP contribution in [-0.2, 0) is 21.7 Å². The van der Waals surface area contributed by atoms with Gasteiger partial charge in [-0.3, -0.25) is 9.69 Å². The third kappa shape index (κ3) is 7.06. The van der Waals surface area contributed by atoms with Crippen LogP contribution in [-0.4, -0.2) is 64.1 Å². The van der Waals surface area contributed by atoms with Crippen molar-refractivity contribution in [3.05, 3.63) is 78.4 Å². The highest BCUT2D eigenvalue weighted by atomic mass is 19.1. The molecule has 0 aliphatic heterocycles. The zero-order valence-electron chi connectivity index (χ0n) is 18.2. The van der Waals surface area contributed by atoms with Crippen LogP contribution in [0.15, 0.2) is 61.2 Å². The summed E-state index contributed by atoms with van der Waals surface area (Å²) in [6.45, 7) is 0.284. The van der Waals surface area contributed by atoms with Gasteiger partial charge >= 0.3 is 5.97 Å². The monoisotopic (exact) mass is 460 g/mol. The van der Waals surface area contributed by atoms with Crippen LogP contribution in [0, 0.1) is 11.6 Å². The van der Waals surface area contributed by atoms with Crippen LogP contribution in [0.4, 0.5) is 8.78 Å². The molecule has 0 saturated heterocycles. The van der Waals surface area contributed by atoms with Crippen LogP contribution in [0.5, 0.6) is 5.75 Å². The minimum atomic E-state index is -1.83. The first-order valence-corrected chi connectivity index (χ1v) is 10.4. The van der Waals surface area contributed by atoms with E-state index in [-0.39, 0.29) is 25.2 Å². The van der Waals surface area contributed by atoms with E-state index in [1.54, 1.807) is 4.90 Å². The third-order valence-electron chi connectivity index (χ3n) is 5.02. The molecule has 0 aliphatic carbocycles. The lowest BCUT2D eigenvalue weighted by Gasteiger charge is -2.34. The number of aromatic nitrogens is 3. The van der Waals surface area contributed by atoms with E-state index in [4.69, 9.17) is 9.47 Å². The van der Waals surface area contributed by atoms with E-state index < -0.39 is 23.2 Å². The Morgan fingerprint density at radius 2 is 2.00 bits per heavy atom. The van der Waals surface area contributed by atoms with Crippen molar-refractivity contribution >= 4 is 5.97 Å². The van der Waals surface area contributed by atoms with Crippen molar-refractivity contribution in [2.75, 3.05) is 33.4 Å². The Bertz CT molecular complexity index is 1020. The molecule has 1 atom stereocenters. The molecule has 0 bridgehead atoms. The van der Waals surface area contributed by atoms with E-state index >= 15 is 0 Å². The van der Waals surface area contributed by atoms with Crippen LogP contribution in [0.2, 0.25) is 0 Å². The van der Waals surface area contributed by atoms with Gasteiger partial charge < -0.3 is 14.6 Å². The topological polar surface area (TPSA) is 89.7 Å². The Morgan fingerprint density at radius 1 is 1.21 bits per heavy atom. The summed E-state index contributed by atoms with van der Waals surface area (Å²) in [7, 11) is 1.26. The highest BCUT2D eigenvalue weighted by Crippen LogP contribution is 2.28. The SMILES string of the molecule is COC(=O)CN(CCCOc1ccccc1)CC(O)(Cn1cncn1)c1ccc(F)cc1F. The summed E-state index contributed by atoms with van der Waals surface area (Å²) in [5.41, 5.74) is -1.95. The molecule has 1 unspecified atom stereocenters. The largest absolute Gasteiger partial charge is 0.494 e. The van der Waals surface area contributed by atoms with Gasteiger partial charge in [-0.05, 0) is 24.6 Å². The average Bonchev–Trinajstić information content (AvgIpc) is 3.29. The molecule has 2 aromatic carbocycles. The summed E-state index contributed by atoms with van der Waals surface area (Å²) in [5.74, 6) is -1.46. The Kier molecular flexibility index (Phi) is 8.45. The number of para-hydroxylation sites is 1. The summed E-state index contributed by atoms with van der Waals surface area (Å²) in [4.78, 5) is 17.5. The van der Waals surface area contributed by atoms with E-state index in [9.17, 15) is 18.7 Å². The average molecular weight is 460 g/mol. The first kappa shape index (κ1) is 24.3. The summed E-state index contributed by atoms with van der Waals surface area (Å²) < 4.78 is 40.0. The number of hydrogen-bond acceptors (Lipinski definition) is 7. The predicted octanol–water partition coefficient (Wildman–Crippen LogP) is 2.39. The highest BCUT2D eigenvalue weighted by molar-refractivity contribution is 5.71. The van der Waals surface area contributed by atoms with Crippen molar-refractivity contribution in [3.8, 4) is 5.75 Å². The molecule has 10 heteroatoms. The molecule has 0 amide bonds. The van der Waals surface area contributed by atoms with Crippen LogP contribution < -0.4 is 4.74 Å². The number of rotatable bonds is 12. The summed E-state index contributed by atoms with van der Waals surface area (Å²) in [5, 5.41) is 15.5. The molecule has 3 rings (SSSR count). The molecule has 3 aromatic rings. The second-order valence-electron chi connectivity index (χ2n) is 7.55. The number of halogens is 2. The smallest absolute Gasteiger partial charge is 0.319 e. The summed E-state index contributed by atoms with van der Waals surface area (Å²) >= 11 is 0. The van der Waals surface area contributed by atoms with Gasteiger partial charge in [-0.1, -0.05) is 24.3 Å². The molecule has 0 saturated carbocycles. The highest BCUT2D eigenvalue weighted by Gasteiger charge is 2.36. The maximum Gasteiger partial charge on any atom is 0.319 e. The summed E-state index contributed by atoms with van der Waals surface area (Å²) in [6, 6.07) is 12.2. The van der Waals surface area contributed by atoms with Gasteiger partial charge in [0.25, 0.3) is 0 Å². The number of methoxy groups -OCH3 is 1. The number of carbonyl (C=O) groups excluding carboxylic acids is 1. The Balaban J connectivity index is 1.77. The van der Waals surface area contributed by atoms with Crippen molar-refractivity contribution in [2.24, 2.45) is 0 Å². The van der Waals surface area contributed by atoms with E-state index in [2.05, 4.69) is 10.1 Å². The van der Waals surface area contributed by atoms with Crippen LogP contribution in [0.1, 0.15) is 12.0 Å². The number of nitrogens with zero attached hydrogens (tertiary/aromatic N) is 4. The molecule has 0 aliphatic rings. The van der Waals surface area contributed by atoms with Crippen molar-refractivity contribution in [3.63, 3.8) is 0 Å². The van der Waals surface area contributed by atoms with Gasteiger partial charge in [0.1, 0.15) is 35.6 Å². The lowest BCUT2D eigenvalue weighted by Crippen LogP contribution is -2.47. The van der Waals surface area contributed by atoms with Crippen LogP contribution >= 0.6 is 0 Å². The molecule has 0 radical (unpaired) electrons. The molecule has 1 aromatic heterocycles. The number of benzene rings is 2. The fourth-order valence-corrected chi connectivity index (χ4v) is 3.50. The molecular weight excluding hydrogens is 434 g/mol. The van der Waals surface area contributed by atoms with Gasteiger partial charge in [-0.2, -0.15) is 5.10 Å². The second kappa shape index (κ2) is 11.5. The molecular formula is C23H26F2N4O4. The van der Waals surface area contributed by atoms with E-state index in [1.807, 2.05) is 30.3 Å². The third-order valence-corrected chi connectivity index (χ3v) is 5.02. The molecule has 33 heavy (non-hydrogen) atoms. The first-order valence-electron chi connectivity index (χ1n) is 10.4. The fourth-order valence-electron chi connectivity index (χ4n) is 3.50. The first-order chi connectivity index (χ1) is 15.9. The Labute approximate surface area is 190 Å². The molecule has 0 spiro atoms. The molecule has 0 fully saturated rings. The van der Waals surface area contributed by atoms with E-state index in [1.165, 1.54) is 30.5 Å². The number of carbonyl (C=O) groups is 1. The van der Waals surface area contributed by atoms with E-state index in [0.29, 0.717) is 31.4 Å². The molecule has 1 heterocycles. The maximum atomic E-state index is 14.7. The predicted molar refractivity (Wildman–Crippen MR) is 115 cm³/mol. The normalized spacial score (nSPS) is 13.0. The quantitative estimate of drug-likeness (QED) is 0.328. The Hall–Kier alpha value is -3.37. The minimum Gasteiger partial charge on any atom is -0.494 e. The van der Waals surface area contributed by atoms with Crippen molar-refractivity contribution in [1.82, 2.24) is 19.7 Å². The second-order valence-corrected chi connectivity index (χ2v) is 7.55. The van der Waals surface area contributed by atoms with Crippen molar-refractivity contribution < 1.29 is 28.2 Å².